The molecule has 16 heavy (non-hydrogen) atoms. The van der Waals surface area contributed by atoms with E-state index < -0.39 is 6.10 Å². The quantitative estimate of drug-likeness (QED) is 0.540. The van der Waals surface area contributed by atoms with Gasteiger partial charge in [-0.3, -0.25) is 4.79 Å². The van der Waals surface area contributed by atoms with Gasteiger partial charge in [0.25, 0.3) is 0 Å². The van der Waals surface area contributed by atoms with Crippen LogP contribution in [0.3, 0.4) is 0 Å². The van der Waals surface area contributed by atoms with Crippen LogP contribution < -0.4 is 5.32 Å². The minimum Gasteiger partial charge on any atom is -0.394 e. The Hall–Kier alpha value is -0.910. The predicted molar refractivity (Wildman–Crippen MR) is 66.1 cm³/mol. The zero-order valence-electron chi connectivity index (χ0n) is 8.69. The summed E-state index contributed by atoms with van der Waals surface area (Å²) in [5.41, 5.74) is 1.45. The van der Waals surface area contributed by atoms with Gasteiger partial charge in [-0.2, -0.15) is 0 Å². The lowest BCUT2D eigenvalue weighted by molar-refractivity contribution is 0.102. The first-order valence-corrected chi connectivity index (χ1v) is 6.01. The summed E-state index contributed by atoms with van der Waals surface area (Å²) < 4.78 is 0. The van der Waals surface area contributed by atoms with Crippen LogP contribution in [0.5, 0.6) is 0 Å². The highest BCUT2D eigenvalue weighted by atomic mass is 79.9. The van der Waals surface area contributed by atoms with Crippen molar-refractivity contribution in [3.8, 4) is 0 Å². The molecule has 1 unspecified atom stereocenters. The fourth-order valence-electron chi connectivity index (χ4n) is 1.15. The van der Waals surface area contributed by atoms with Crippen molar-refractivity contribution < 1.29 is 15.0 Å². The van der Waals surface area contributed by atoms with Crippen molar-refractivity contribution in [1.29, 1.82) is 0 Å². The van der Waals surface area contributed by atoms with E-state index >= 15 is 0 Å². The number of Topliss-reactive ketones (excluding diaryl/α,β-unsaturated/α-hetero) is 1. The minimum atomic E-state index is -0.774. The molecule has 0 aliphatic heterocycles. The van der Waals surface area contributed by atoms with Gasteiger partial charge in [-0.25, -0.2) is 0 Å². The molecule has 1 aromatic carbocycles. The molecule has 0 aliphatic carbocycles. The molecule has 0 spiro atoms. The Morgan fingerprint density at radius 3 is 2.50 bits per heavy atom. The summed E-state index contributed by atoms with van der Waals surface area (Å²) in [7, 11) is 0. The number of hydrogen-bond donors (Lipinski definition) is 3. The number of ketones is 1. The van der Waals surface area contributed by atoms with E-state index in [1.165, 1.54) is 0 Å². The highest BCUT2D eigenvalue weighted by molar-refractivity contribution is 9.09. The van der Waals surface area contributed by atoms with Crippen molar-refractivity contribution in [3.05, 3.63) is 29.8 Å². The zero-order valence-corrected chi connectivity index (χ0v) is 10.3. The first-order valence-electron chi connectivity index (χ1n) is 4.89. The molecule has 0 amide bonds. The normalized spacial score (nSPS) is 12.2. The molecule has 0 saturated carbocycles. The number of aliphatic hydroxyl groups is 2. The number of carbonyl (C=O) groups excluding carboxylic acids is 1. The maximum absolute atomic E-state index is 11.3. The van der Waals surface area contributed by atoms with Crippen LogP contribution in [0, 0.1) is 0 Å². The number of alkyl halides is 1. The van der Waals surface area contributed by atoms with E-state index in [-0.39, 0.29) is 18.9 Å². The number of anilines is 1. The summed E-state index contributed by atoms with van der Waals surface area (Å²) in [6.45, 7) is 0.00932. The van der Waals surface area contributed by atoms with Crippen molar-refractivity contribution in [2.45, 2.75) is 6.10 Å². The van der Waals surface area contributed by atoms with Crippen molar-refractivity contribution in [2.75, 3.05) is 23.8 Å². The number of halogens is 1. The van der Waals surface area contributed by atoms with E-state index in [1.54, 1.807) is 24.3 Å². The number of carbonyl (C=O) groups is 1. The molecule has 0 heterocycles. The Labute approximate surface area is 102 Å². The van der Waals surface area contributed by atoms with Crippen LogP contribution >= 0.6 is 15.9 Å². The molecule has 0 fully saturated rings. The largest absolute Gasteiger partial charge is 0.394 e. The average Bonchev–Trinajstić information content (AvgIpc) is 2.35. The van der Waals surface area contributed by atoms with Crippen LogP contribution in [0.4, 0.5) is 5.69 Å². The van der Waals surface area contributed by atoms with E-state index in [0.29, 0.717) is 10.9 Å². The molecule has 4 nitrogen and oxygen atoms in total. The maximum atomic E-state index is 11.3. The lowest BCUT2D eigenvalue weighted by Crippen LogP contribution is -2.22. The van der Waals surface area contributed by atoms with Crippen LogP contribution in [0.2, 0.25) is 0 Å². The summed E-state index contributed by atoms with van der Waals surface area (Å²) in [4.78, 5) is 11.3. The van der Waals surface area contributed by atoms with Gasteiger partial charge in [0.05, 0.1) is 18.0 Å². The lowest BCUT2D eigenvalue weighted by Gasteiger charge is -2.10. The molecule has 0 bridgehead atoms. The second-order valence-corrected chi connectivity index (χ2v) is 3.91. The summed E-state index contributed by atoms with van der Waals surface area (Å²) in [6.07, 6.45) is -0.774. The van der Waals surface area contributed by atoms with Crippen LogP contribution in [-0.4, -0.2) is 40.6 Å². The lowest BCUT2D eigenvalue weighted by atomic mass is 10.1. The third kappa shape index (κ3) is 3.92. The first kappa shape index (κ1) is 13.2. The van der Waals surface area contributed by atoms with Gasteiger partial charge in [-0.15, -0.1) is 0 Å². The Morgan fingerprint density at radius 2 is 2.00 bits per heavy atom. The third-order valence-corrected chi connectivity index (χ3v) is 2.59. The number of nitrogens with one attached hydrogen (secondary N) is 1. The Kier molecular flexibility index (Phi) is 5.45. The van der Waals surface area contributed by atoms with Crippen LogP contribution in [-0.2, 0) is 0 Å². The smallest absolute Gasteiger partial charge is 0.173 e. The van der Waals surface area contributed by atoms with E-state index in [9.17, 15) is 4.79 Å². The van der Waals surface area contributed by atoms with Gasteiger partial charge in [0.15, 0.2) is 5.78 Å². The van der Waals surface area contributed by atoms with Gasteiger partial charge in [-0.1, -0.05) is 15.9 Å². The number of aliphatic hydroxyl groups excluding tert-OH is 2. The molecule has 0 saturated heterocycles. The summed E-state index contributed by atoms with van der Waals surface area (Å²) in [5, 5.41) is 21.0. The van der Waals surface area contributed by atoms with Gasteiger partial charge >= 0.3 is 0 Å². The summed E-state index contributed by atoms with van der Waals surface area (Å²) in [6, 6.07) is 6.97. The number of benzene rings is 1. The summed E-state index contributed by atoms with van der Waals surface area (Å²) in [5.74, 6) is 0.0296. The topological polar surface area (TPSA) is 69.6 Å². The van der Waals surface area contributed by atoms with E-state index in [4.69, 9.17) is 10.2 Å². The second-order valence-electron chi connectivity index (χ2n) is 3.35. The van der Waals surface area contributed by atoms with Gasteiger partial charge < -0.3 is 15.5 Å². The van der Waals surface area contributed by atoms with E-state index in [1.807, 2.05) is 0 Å². The highest BCUT2D eigenvalue weighted by Gasteiger charge is 2.04. The molecule has 88 valence electrons. The monoisotopic (exact) mass is 287 g/mol. The van der Waals surface area contributed by atoms with Crippen LogP contribution in [0.15, 0.2) is 24.3 Å². The molecular formula is C11H14BrNO3. The zero-order chi connectivity index (χ0) is 12.0. The second kappa shape index (κ2) is 6.62. The first-order chi connectivity index (χ1) is 7.67. The highest BCUT2D eigenvalue weighted by Crippen LogP contribution is 2.10. The average molecular weight is 288 g/mol. The van der Waals surface area contributed by atoms with Crippen molar-refractivity contribution in [3.63, 3.8) is 0 Å². The predicted octanol–water partition coefficient (Wildman–Crippen LogP) is 1.03. The molecule has 5 heteroatoms. The van der Waals surface area contributed by atoms with Crippen LogP contribution in [0.25, 0.3) is 0 Å². The molecule has 1 aromatic rings. The molecule has 3 N–H and O–H groups in total. The third-order valence-electron chi connectivity index (χ3n) is 2.08. The Balaban J connectivity index is 2.54. The van der Waals surface area contributed by atoms with Gasteiger partial charge in [0.1, 0.15) is 0 Å². The van der Waals surface area contributed by atoms with Crippen molar-refractivity contribution in [1.82, 2.24) is 0 Å². The van der Waals surface area contributed by atoms with Crippen molar-refractivity contribution in [2.24, 2.45) is 0 Å². The maximum Gasteiger partial charge on any atom is 0.173 e. The fraction of sp³-hybridized carbons (Fsp3) is 0.364. The fourth-order valence-corrected chi connectivity index (χ4v) is 1.48. The molecular weight excluding hydrogens is 274 g/mol. The van der Waals surface area contributed by atoms with Crippen molar-refractivity contribution >= 4 is 27.4 Å². The van der Waals surface area contributed by atoms with Gasteiger partial charge in [0.2, 0.25) is 0 Å². The molecule has 0 aliphatic rings. The Bertz CT molecular complexity index is 340. The minimum absolute atomic E-state index is 0.0296. The van der Waals surface area contributed by atoms with E-state index in [0.717, 1.165) is 5.69 Å². The molecule has 0 aromatic heterocycles. The van der Waals surface area contributed by atoms with E-state index in [2.05, 4.69) is 21.2 Å². The molecule has 0 radical (unpaired) electrons. The number of hydrogen-bond acceptors (Lipinski definition) is 4. The Morgan fingerprint density at radius 1 is 1.38 bits per heavy atom. The van der Waals surface area contributed by atoms with Gasteiger partial charge in [0, 0.05) is 17.8 Å². The summed E-state index contributed by atoms with van der Waals surface area (Å²) >= 11 is 3.10. The standard InChI is InChI=1S/C11H14BrNO3/c12-5-11(16)8-1-3-9(4-2-8)13-6-10(15)7-14/h1-4,10,13-15H,5-7H2. The molecule has 1 rings (SSSR count). The SMILES string of the molecule is O=C(CBr)c1ccc(NCC(O)CO)cc1. The van der Waals surface area contributed by atoms with Crippen LogP contribution in [0.1, 0.15) is 10.4 Å². The molecule has 1 atom stereocenters. The van der Waals surface area contributed by atoms with Gasteiger partial charge in [-0.05, 0) is 24.3 Å². The number of rotatable bonds is 6.